The van der Waals surface area contributed by atoms with E-state index in [1.807, 2.05) is 6.92 Å². The third-order valence-corrected chi connectivity index (χ3v) is 2.28. The summed E-state index contributed by atoms with van der Waals surface area (Å²) in [5.41, 5.74) is 0. The highest BCUT2D eigenvalue weighted by molar-refractivity contribution is 5.94. The second-order valence-electron chi connectivity index (χ2n) is 3.22. The van der Waals surface area contributed by atoms with Gasteiger partial charge in [0.2, 0.25) is 5.91 Å². The molecule has 1 aromatic heterocycles. The molecule has 1 fully saturated rings. The molecule has 1 aliphatic rings. The Hall–Kier alpha value is -1.45. The molecule has 1 aliphatic heterocycles. The molecular formula is C9H11N3O. The molecule has 13 heavy (non-hydrogen) atoms. The predicted molar refractivity (Wildman–Crippen MR) is 48.2 cm³/mol. The van der Waals surface area contributed by atoms with Gasteiger partial charge in [0.1, 0.15) is 0 Å². The van der Waals surface area contributed by atoms with Gasteiger partial charge in [-0.25, -0.2) is 4.98 Å². The predicted octanol–water partition coefficient (Wildman–Crippen LogP) is 0.992. The minimum absolute atomic E-state index is 0.146. The molecule has 4 heteroatoms. The summed E-state index contributed by atoms with van der Waals surface area (Å²) in [6.45, 7) is 2.03. The van der Waals surface area contributed by atoms with Crippen LogP contribution >= 0.6 is 0 Å². The zero-order valence-corrected chi connectivity index (χ0v) is 7.47. The average molecular weight is 177 g/mol. The van der Waals surface area contributed by atoms with Gasteiger partial charge in [0, 0.05) is 24.9 Å². The Bertz CT molecular complexity index is 312. The molecule has 1 atom stereocenters. The van der Waals surface area contributed by atoms with Crippen LogP contribution in [0.4, 0.5) is 5.82 Å². The van der Waals surface area contributed by atoms with Crippen LogP contribution in [0.1, 0.15) is 19.8 Å². The molecule has 0 bridgehead atoms. The van der Waals surface area contributed by atoms with Crippen LogP contribution in [0.15, 0.2) is 18.6 Å². The lowest BCUT2D eigenvalue weighted by Gasteiger charge is -2.19. The minimum atomic E-state index is 0.146. The lowest BCUT2D eigenvalue weighted by Crippen LogP contribution is -2.31. The first kappa shape index (κ1) is 8.16. The number of hydrogen-bond acceptors (Lipinski definition) is 3. The van der Waals surface area contributed by atoms with E-state index >= 15 is 0 Å². The Morgan fingerprint density at radius 1 is 1.54 bits per heavy atom. The number of aromatic nitrogens is 2. The van der Waals surface area contributed by atoms with Crippen molar-refractivity contribution < 1.29 is 4.79 Å². The van der Waals surface area contributed by atoms with E-state index in [0.717, 1.165) is 6.42 Å². The number of hydrogen-bond donors (Lipinski definition) is 0. The molecule has 1 amide bonds. The summed E-state index contributed by atoms with van der Waals surface area (Å²) in [6, 6.07) is 0.254. The number of rotatable bonds is 1. The van der Waals surface area contributed by atoms with E-state index in [2.05, 4.69) is 9.97 Å². The van der Waals surface area contributed by atoms with Gasteiger partial charge < -0.3 is 0 Å². The van der Waals surface area contributed by atoms with Gasteiger partial charge in [-0.05, 0) is 13.3 Å². The zero-order chi connectivity index (χ0) is 9.26. The van der Waals surface area contributed by atoms with Crippen molar-refractivity contribution in [2.24, 2.45) is 0 Å². The first-order valence-electron chi connectivity index (χ1n) is 4.37. The summed E-state index contributed by atoms with van der Waals surface area (Å²) >= 11 is 0. The summed E-state index contributed by atoms with van der Waals surface area (Å²) in [6.07, 6.45) is 6.37. The molecule has 0 saturated carbocycles. The topological polar surface area (TPSA) is 46.1 Å². The van der Waals surface area contributed by atoms with E-state index in [1.54, 1.807) is 23.5 Å². The molecule has 0 spiro atoms. The van der Waals surface area contributed by atoms with Gasteiger partial charge >= 0.3 is 0 Å². The van der Waals surface area contributed by atoms with Crippen molar-refractivity contribution in [1.29, 1.82) is 0 Å². The van der Waals surface area contributed by atoms with Crippen molar-refractivity contribution in [3.63, 3.8) is 0 Å². The highest BCUT2D eigenvalue weighted by Gasteiger charge is 2.29. The fourth-order valence-corrected chi connectivity index (χ4v) is 1.60. The van der Waals surface area contributed by atoms with Crippen molar-refractivity contribution in [2.45, 2.75) is 25.8 Å². The van der Waals surface area contributed by atoms with Crippen LogP contribution in [0.5, 0.6) is 0 Å². The lowest BCUT2D eigenvalue weighted by atomic mass is 10.2. The van der Waals surface area contributed by atoms with Crippen molar-refractivity contribution in [1.82, 2.24) is 9.97 Å². The Kier molecular flexibility index (Phi) is 1.96. The molecule has 0 aliphatic carbocycles. The smallest absolute Gasteiger partial charge is 0.228 e. The largest absolute Gasteiger partial charge is 0.293 e. The fraction of sp³-hybridized carbons (Fsp3) is 0.444. The van der Waals surface area contributed by atoms with E-state index < -0.39 is 0 Å². The molecule has 1 saturated heterocycles. The maximum absolute atomic E-state index is 11.4. The summed E-state index contributed by atoms with van der Waals surface area (Å²) in [4.78, 5) is 21.2. The van der Waals surface area contributed by atoms with E-state index in [4.69, 9.17) is 0 Å². The Labute approximate surface area is 76.6 Å². The molecular weight excluding hydrogens is 166 g/mol. The van der Waals surface area contributed by atoms with E-state index in [0.29, 0.717) is 12.2 Å². The molecule has 0 aromatic carbocycles. The Morgan fingerprint density at radius 3 is 2.92 bits per heavy atom. The maximum Gasteiger partial charge on any atom is 0.228 e. The van der Waals surface area contributed by atoms with Crippen LogP contribution in [0.25, 0.3) is 0 Å². The molecule has 0 N–H and O–H groups in total. The zero-order valence-electron chi connectivity index (χ0n) is 7.47. The summed E-state index contributed by atoms with van der Waals surface area (Å²) in [5, 5.41) is 0. The van der Waals surface area contributed by atoms with Crippen molar-refractivity contribution in [2.75, 3.05) is 4.90 Å². The Morgan fingerprint density at radius 2 is 2.38 bits per heavy atom. The fourth-order valence-electron chi connectivity index (χ4n) is 1.60. The van der Waals surface area contributed by atoms with Crippen LogP contribution < -0.4 is 4.90 Å². The van der Waals surface area contributed by atoms with E-state index in [9.17, 15) is 4.79 Å². The monoisotopic (exact) mass is 177 g/mol. The van der Waals surface area contributed by atoms with Gasteiger partial charge in [-0.1, -0.05) is 0 Å². The number of anilines is 1. The normalized spacial score (nSPS) is 22.4. The van der Waals surface area contributed by atoms with Crippen molar-refractivity contribution in [3.05, 3.63) is 18.6 Å². The van der Waals surface area contributed by atoms with Crippen LogP contribution in [-0.2, 0) is 4.79 Å². The number of carbonyl (C=O) groups excluding carboxylic acids is 1. The second kappa shape index (κ2) is 3.12. The molecule has 1 aromatic rings. The number of nitrogens with zero attached hydrogens (tertiary/aromatic N) is 3. The van der Waals surface area contributed by atoms with Gasteiger partial charge in [0.15, 0.2) is 5.82 Å². The minimum Gasteiger partial charge on any atom is -0.293 e. The molecule has 4 nitrogen and oxygen atoms in total. The van der Waals surface area contributed by atoms with E-state index in [-0.39, 0.29) is 11.9 Å². The molecule has 0 radical (unpaired) electrons. The van der Waals surface area contributed by atoms with Gasteiger partial charge in [0.05, 0.1) is 6.20 Å². The molecule has 1 unspecified atom stereocenters. The quantitative estimate of drug-likeness (QED) is 0.642. The average Bonchev–Trinajstić information content (AvgIpc) is 2.48. The second-order valence-corrected chi connectivity index (χ2v) is 3.22. The van der Waals surface area contributed by atoms with Gasteiger partial charge in [-0.2, -0.15) is 0 Å². The third-order valence-electron chi connectivity index (χ3n) is 2.28. The van der Waals surface area contributed by atoms with Crippen LogP contribution in [0.2, 0.25) is 0 Å². The SMILES string of the molecule is CC1CCC(=O)N1c1cnccn1. The molecule has 2 heterocycles. The van der Waals surface area contributed by atoms with E-state index in [1.165, 1.54) is 0 Å². The summed E-state index contributed by atoms with van der Waals surface area (Å²) < 4.78 is 0. The van der Waals surface area contributed by atoms with Crippen LogP contribution in [0, 0.1) is 0 Å². The number of amides is 1. The first-order chi connectivity index (χ1) is 6.29. The van der Waals surface area contributed by atoms with Crippen molar-refractivity contribution in [3.8, 4) is 0 Å². The Balaban J connectivity index is 2.30. The van der Waals surface area contributed by atoms with Gasteiger partial charge in [-0.15, -0.1) is 0 Å². The lowest BCUT2D eigenvalue weighted by molar-refractivity contribution is -0.117. The van der Waals surface area contributed by atoms with Crippen molar-refractivity contribution >= 4 is 11.7 Å². The van der Waals surface area contributed by atoms with Crippen LogP contribution in [-0.4, -0.2) is 21.9 Å². The number of carbonyl (C=O) groups is 1. The highest BCUT2D eigenvalue weighted by atomic mass is 16.2. The maximum atomic E-state index is 11.4. The molecule has 2 rings (SSSR count). The first-order valence-corrected chi connectivity index (χ1v) is 4.37. The standard InChI is InChI=1S/C9H11N3O/c1-7-2-3-9(13)12(7)8-6-10-4-5-11-8/h4-7H,2-3H2,1H3. The highest BCUT2D eigenvalue weighted by Crippen LogP contribution is 2.23. The van der Waals surface area contributed by atoms with Gasteiger partial charge in [0.25, 0.3) is 0 Å². The van der Waals surface area contributed by atoms with Gasteiger partial charge in [-0.3, -0.25) is 14.7 Å². The van der Waals surface area contributed by atoms with Crippen LogP contribution in [0.3, 0.4) is 0 Å². The summed E-state index contributed by atoms with van der Waals surface area (Å²) in [7, 11) is 0. The summed E-state index contributed by atoms with van der Waals surface area (Å²) in [5.74, 6) is 0.811. The molecule has 68 valence electrons. The third kappa shape index (κ3) is 1.39.